The SMILES string of the molecule is Cc1ccc(P(c2ccc(C(F)(F)F)cc2)c2ccc(C(F)(F)F)cc2-c2nc(C)co2)cc1. The number of oxazole rings is 1. The van der Waals surface area contributed by atoms with Crippen molar-refractivity contribution in [1.82, 2.24) is 4.98 Å². The highest BCUT2D eigenvalue weighted by Crippen LogP contribution is 2.40. The van der Waals surface area contributed by atoms with E-state index in [-0.39, 0.29) is 11.5 Å². The van der Waals surface area contributed by atoms with Gasteiger partial charge in [-0.3, -0.25) is 0 Å². The molecule has 0 fully saturated rings. The fourth-order valence-electron chi connectivity index (χ4n) is 3.48. The van der Waals surface area contributed by atoms with Gasteiger partial charge in [0.2, 0.25) is 5.89 Å². The van der Waals surface area contributed by atoms with E-state index in [0.29, 0.717) is 16.3 Å². The summed E-state index contributed by atoms with van der Waals surface area (Å²) in [6.07, 6.45) is -7.75. The predicted molar refractivity (Wildman–Crippen MR) is 120 cm³/mol. The Morgan fingerprint density at radius 1 is 0.706 bits per heavy atom. The van der Waals surface area contributed by atoms with Gasteiger partial charge in [-0.25, -0.2) is 4.98 Å². The highest BCUT2D eigenvalue weighted by Gasteiger charge is 2.34. The fourth-order valence-corrected chi connectivity index (χ4v) is 5.85. The molecule has 3 aromatic carbocycles. The lowest BCUT2D eigenvalue weighted by atomic mass is 10.1. The van der Waals surface area contributed by atoms with Crippen molar-refractivity contribution in [2.75, 3.05) is 0 Å². The first kappa shape index (κ1) is 24.0. The van der Waals surface area contributed by atoms with Crippen LogP contribution >= 0.6 is 7.92 Å². The van der Waals surface area contributed by atoms with Gasteiger partial charge < -0.3 is 4.42 Å². The fraction of sp³-hybridized carbons (Fsp3) is 0.160. The lowest BCUT2D eigenvalue weighted by Crippen LogP contribution is -2.23. The minimum absolute atomic E-state index is 0.0186. The van der Waals surface area contributed by atoms with E-state index in [0.717, 1.165) is 35.1 Å². The summed E-state index contributed by atoms with van der Waals surface area (Å²) >= 11 is 0. The molecule has 2 nitrogen and oxygen atoms in total. The molecule has 0 aliphatic rings. The Hall–Kier alpha value is -3.12. The summed E-state index contributed by atoms with van der Waals surface area (Å²) in [6, 6.07) is 15.4. The molecule has 0 saturated carbocycles. The zero-order chi connectivity index (χ0) is 24.7. The predicted octanol–water partition coefficient (Wildman–Crippen LogP) is 6.75. The van der Waals surface area contributed by atoms with Crippen molar-refractivity contribution in [3.05, 3.63) is 95.4 Å². The number of aromatic nitrogens is 1. The minimum Gasteiger partial charge on any atom is -0.444 e. The number of alkyl halides is 6. The van der Waals surface area contributed by atoms with E-state index in [9.17, 15) is 26.3 Å². The van der Waals surface area contributed by atoms with Crippen molar-refractivity contribution in [3.8, 4) is 11.5 Å². The second-order valence-electron chi connectivity index (χ2n) is 7.74. The molecule has 0 aliphatic carbocycles. The molecule has 0 N–H and O–H groups in total. The molecule has 4 aromatic rings. The molecule has 34 heavy (non-hydrogen) atoms. The number of nitrogens with zero attached hydrogens (tertiary/aromatic N) is 1. The third-order valence-corrected chi connectivity index (χ3v) is 7.66. The van der Waals surface area contributed by atoms with Crippen molar-refractivity contribution in [1.29, 1.82) is 0 Å². The summed E-state index contributed by atoms with van der Waals surface area (Å²) in [7, 11) is -1.52. The molecule has 0 bridgehead atoms. The highest BCUT2D eigenvalue weighted by molar-refractivity contribution is 7.80. The summed E-state index contributed by atoms with van der Waals surface area (Å²) in [5.74, 6) is 0.0186. The molecular weight excluding hydrogens is 475 g/mol. The van der Waals surface area contributed by atoms with Crippen molar-refractivity contribution < 1.29 is 30.8 Å². The van der Waals surface area contributed by atoms with Crippen LogP contribution in [-0.2, 0) is 12.4 Å². The van der Waals surface area contributed by atoms with Crippen LogP contribution in [0.4, 0.5) is 26.3 Å². The van der Waals surface area contributed by atoms with Crippen molar-refractivity contribution in [2.45, 2.75) is 26.2 Å². The third kappa shape index (κ3) is 5.02. The van der Waals surface area contributed by atoms with Gasteiger partial charge in [0.15, 0.2) is 0 Å². The molecule has 0 aliphatic heterocycles. The van der Waals surface area contributed by atoms with Gasteiger partial charge in [-0.1, -0.05) is 48.0 Å². The number of benzene rings is 3. The van der Waals surface area contributed by atoms with E-state index >= 15 is 0 Å². The Balaban J connectivity index is 1.95. The van der Waals surface area contributed by atoms with Crippen LogP contribution < -0.4 is 15.9 Å². The maximum atomic E-state index is 13.5. The molecule has 1 heterocycles. The minimum atomic E-state index is -4.59. The third-order valence-electron chi connectivity index (χ3n) is 5.16. The molecule has 0 amide bonds. The van der Waals surface area contributed by atoms with Gasteiger partial charge in [-0.15, -0.1) is 0 Å². The van der Waals surface area contributed by atoms with E-state index in [4.69, 9.17) is 4.42 Å². The summed E-state index contributed by atoms with van der Waals surface area (Å²) in [4.78, 5) is 4.22. The van der Waals surface area contributed by atoms with Crippen LogP contribution in [-0.4, -0.2) is 4.98 Å². The van der Waals surface area contributed by atoms with E-state index in [1.165, 1.54) is 24.5 Å². The maximum absolute atomic E-state index is 13.5. The lowest BCUT2D eigenvalue weighted by molar-refractivity contribution is -0.138. The summed E-state index contributed by atoms with van der Waals surface area (Å²) in [5.41, 5.74) is -0.0522. The maximum Gasteiger partial charge on any atom is 0.416 e. The smallest absolute Gasteiger partial charge is 0.416 e. The topological polar surface area (TPSA) is 26.0 Å². The van der Waals surface area contributed by atoms with Gasteiger partial charge in [0.05, 0.1) is 16.8 Å². The molecule has 0 spiro atoms. The Morgan fingerprint density at radius 3 is 1.74 bits per heavy atom. The number of halogens is 6. The molecular formula is C25H18F6NOP. The quantitative estimate of drug-likeness (QED) is 0.232. The van der Waals surface area contributed by atoms with Crippen molar-refractivity contribution in [3.63, 3.8) is 0 Å². The Morgan fingerprint density at radius 2 is 1.24 bits per heavy atom. The normalized spacial score (nSPS) is 13.2. The molecule has 0 saturated heterocycles. The van der Waals surface area contributed by atoms with Gasteiger partial charge in [0.1, 0.15) is 6.26 Å². The summed E-state index contributed by atoms with van der Waals surface area (Å²) in [6.45, 7) is 3.54. The van der Waals surface area contributed by atoms with E-state index < -0.39 is 31.4 Å². The van der Waals surface area contributed by atoms with Crippen LogP contribution in [0.25, 0.3) is 11.5 Å². The first-order valence-corrected chi connectivity index (χ1v) is 11.5. The van der Waals surface area contributed by atoms with Gasteiger partial charge >= 0.3 is 12.4 Å². The van der Waals surface area contributed by atoms with Crippen molar-refractivity contribution in [2.24, 2.45) is 0 Å². The number of aryl methyl sites for hydroxylation is 2. The molecule has 1 aromatic heterocycles. The number of hydrogen-bond donors (Lipinski definition) is 0. The second-order valence-corrected chi connectivity index (χ2v) is 9.92. The Bertz CT molecular complexity index is 1290. The van der Waals surface area contributed by atoms with Crippen LogP contribution in [0.3, 0.4) is 0 Å². The standard InChI is InChI=1S/C25H18F6NOP/c1-15-3-8-19(9-4-15)34(20-10-5-17(6-11-20)24(26,27)28)22-12-7-18(25(29,30)31)13-21(22)23-32-16(2)14-33-23/h3-14H,1-2H3. The van der Waals surface area contributed by atoms with Crippen LogP contribution in [0.1, 0.15) is 22.4 Å². The zero-order valence-electron chi connectivity index (χ0n) is 18.0. The Kier molecular flexibility index (Phi) is 6.30. The molecule has 1 unspecified atom stereocenters. The van der Waals surface area contributed by atoms with E-state index in [1.807, 2.05) is 31.2 Å². The largest absolute Gasteiger partial charge is 0.444 e. The molecule has 176 valence electrons. The highest BCUT2D eigenvalue weighted by atomic mass is 31.1. The zero-order valence-corrected chi connectivity index (χ0v) is 18.9. The van der Waals surface area contributed by atoms with E-state index in [2.05, 4.69) is 4.98 Å². The first-order chi connectivity index (χ1) is 15.9. The second kappa shape index (κ2) is 8.91. The number of rotatable bonds is 4. The number of hydrogen-bond acceptors (Lipinski definition) is 2. The monoisotopic (exact) mass is 493 g/mol. The molecule has 9 heteroatoms. The average Bonchev–Trinajstić information content (AvgIpc) is 3.20. The van der Waals surface area contributed by atoms with Gasteiger partial charge in [-0.05, 0) is 61.9 Å². The van der Waals surface area contributed by atoms with Crippen LogP contribution in [0.5, 0.6) is 0 Å². The Labute approximate surface area is 193 Å². The van der Waals surface area contributed by atoms with Crippen LogP contribution in [0.2, 0.25) is 0 Å². The van der Waals surface area contributed by atoms with Gasteiger partial charge in [0, 0.05) is 5.56 Å². The first-order valence-electron chi connectivity index (χ1n) is 10.1. The van der Waals surface area contributed by atoms with Gasteiger partial charge in [0.25, 0.3) is 0 Å². The lowest BCUT2D eigenvalue weighted by Gasteiger charge is -2.23. The van der Waals surface area contributed by atoms with Gasteiger partial charge in [-0.2, -0.15) is 26.3 Å². The average molecular weight is 493 g/mol. The van der Waals surface area contributed by atoms with E-state index in [1.54, 1.807) is 6.92 Å². The molecule has 4 rings (SSSR count). The van der Waals surface area contributed by atoms with Crippen LogP contribution in [0, 0.1) is 13.8 Å². The summed E-state index contributed by atoms with van der Waals surface area (Å²) < 4.78 is 85.4. The van der Waals surface area contributed by atoms with Crippen LogP contribution in [0.15, 0.2) is 77.4 Å². The summed E-state index contributed by atoms with van der Waals surface area (Å²) in [5, 5.41) is 1.81. The molecule has 1 atom stereocenters. The van der Waals surface area contributed by atoms with Crippen molar-refractivity contribution >= 4 is 23.8 Å². The molecule has 0 radical (unpaired) electrons.